The van der Waals surface area contributed by atoms with Gasteiger partial charge in [-0.15, -0.1) is 0 Å². The van der Waals surface area contributed by atoms with E-state index in [1.165, 1.54) is 11.1 Å². The van der Waals surface area contributed by atoms with Crippen LogP contribution in [-0.2, 0) is 5.75 Å². The molecule has 1 aliphatic heterocycles. The number of hydrogen-bond acceptors (Lipinski definition) is 3. The molecule has 0 unspecified atom stereocenters. The fourth-order valence-corrected chi connectivity index (χ4v) is 3.78. The number of aliphatic hydroxyl groups excluding tert-OH is 1. The van der Waals surface area contributed by atoms with E-state index in [4.69, 9.17) is 0 Å². The number of urea groups is 1. The SMILES string of the molecule is Cc1cccc(CSCCCNC(=O)N2CCC[C@@H](CO)C2)c1. The molecule has 2 amide bonds. The Morgan fingerprint density at radius 2 is 2.35 bits per heavy atom. The van der Waals surface area contributed by atoms with Crippen LogP contribution in [0.5, 0.6) is 0 Å². The summed E-state index contributed by atoms with van der Waals surface area (Å²) in [7, 11) is 0. The summed E-state index contributed by atoms with van der Waals surface area (Å²) in [5.74, 6) is 2.33. The normalized spacial score (nSPS) is 18.0. The Kier molecular flexibility index (Phi) is 7.76. The molecule has 0 saturated carbocycles. The van der Waals surface area contributed by atoms with Gasteiger partial charge in [0.25, 0.3) is 0 Å². The Bertz CT molecular complexity index is 496. The predicted octanol–water partition coefficient (Wildman–Crippen LogP) is 3.03. The van der Waals surface area contributed by atoms with Gasteiger partial charge in [-0.1, -0.05) is 29.8 Å². The Balaban J connectivity index is 1.55. The molecule has 4 nitrogen and oxygen atoms in total. The third-order valence-corrected chi connectivity index (χ3v) is 5.27. The number of rotatable bonds is 7. The number of carbonyl (C=O) groups is 1. The van der Waals surface area contributed by atoms with Crippen LogP contribution in [0.25, 0.3) is 0 Å². The molecule has 0 bridgehead atoms. The molecule has 128 valence electrons. The zero-order valence-electron chi connectivity index (χ0n) is 14.0. The molecule has 0 aromatic heterocycles. The summed E-state index contributed by atoms with van der Waals surface area (Å²) in [5.41, 5.74) is 2.67. The number of aryl methyl sites for hydroxylation is 1. The number of hydrogen-bond donors (Lipinski definition) is 2. The fraction of sp³-hybridized carbons (Fsp3) is 0.611. The number of carbonyl (C=O) groups excluding carboxylic acids is 1. The van der Waals surface area contributed by atoms with Crippen LogP contribution in [0.4, 0.5) is 4.79 Å². The van der Waals surface area contributed by atoms with Crippen molar-refractivity contribution >= 4 is 17.8 Å². The molecule has 1 aromatic rings. The standard InChI is InChI=1S/C18H28N2O2S/c1-15-5-2-6-16(11-15)14-23-10-4-8-19-18(22)20-9-3-7-17(12-20)13-21/h2,5-6,11,17,21H,3-4,7-10,12-14H2,1H3,(H,19,22)/t17-/m1/s1. The Labute approximate surface area is 143 Å². The van der Waals surface area contributed by atoms with Gasteiger partial charge in [0.15, 0.2) is 0 Å². The molecule has 0 aliphatic carbocycles. The van der Waals surface area contributed by atoms with Gasteiger partial charge >= 0.3 is 6.03 Å². The van der Waals surface area contributed by atoms with E-state index in [2.05, 4.69) is 36.5 Å². The van der Waals surface area contributed by atoms with Crippen LogP contribution in [-0.4, -0.2) is 48.0 Å². The molecule has 1 fully saturated rings. The second-order valence-corrected chi connectivity index (χ2v) is 7.37. The topological polar surface area (TPSA) is 52.6 Å². The summed E-state index contributed by atoms with van der Waals surface area (Å²) in [6, 6.07) is 8.63. The van der Waals surface area contributed by atoms with Gasteiger partial charge in [0, 0.05) is 32.0 Å². The fourth-order valence-electron chi connectivity index (χ4n) is 2.87. The number of likely N-dealkylation sites (tertiary alicyclic amines) is 1. The molecule has 2 rings (SSSR count). The largest absolute Gasteiger partial charge is 0.396 e. The van der Waals surface area contributed by atoms with Crippen LogP contribution in [0, 0.1) is 12.8 Å². The molecular formula is C18H28N2O2S. The first-order chi connectivity index (χ1) is 11.2. The lowest BCUT2D eigenvalue weighted by molar-refractivity contribution is 0.129. The van der Waals surface area contributed by atoms with E-state index in [9.17, 15) is 9.90 Å². The minimum atomic E-state index is 0.0202. The summed E-state index contributed by atoms with van der Waals surface area (Å²) in [5, 5.41) is 12.2. The summed E-state index contributed by atoms with van der Waals surface area (Å²) in [6.45, 7) is 4.51. The third kappa shape index (κ3) is 6.43. The van der Waals surface area contributed by atoms with Crippen molar-refractivity contribution in [3.8, 4) is 0 Å². The van der Waals surface area contributed by atoms with E-state index < -0.39 is 0 Å². The lowest BCUT2D eigenvalue weighted by atomic mass is 9.99. The molecule has 23 heavy (non-hydrogen) atoms. The van der Waals surface area contributed by atoms with E-state index in [1.807, 2.05) is 16.7 Å². The third-order valence-electron chi connectivity index (χ3n) is 4.16. The summed E-state index contributed by atoms with van der Waals surface area (Å²) >= 11 is 1.91. The number of thioether (sulfide) groups is 1. The first-order valence-electron chi connectivity index (χ1n) is 8.46. The van der Waals surface area contributed by atoms with E-state index >= 15 is 0 Å². The highest BCUT2D eigenvalue weighted by atomic mass is 32.2. The van der Waals surface area contributed by atoms with Gasteiger partial charge in [0.05, 0.1) is 0 Å². The van der Waals surface area contributed by atoms with Crippen LogP contribution in [0.3, 0.4) is 0 Å². The minimum absolute atomic E-state index is 0.0202. The monoisotopic (exact) mass is 336 g/mol. The van der Waals surface area contributed by atoms with Crippen molar-refractivity contribution in [2.24, 2.45) is 5.92 Å². The minimum Gasteiger partial charge on any atom is -0.396 e. The van der Waals surface area contributed by atoms with Gasteiger partial charge in [-0.05, 0) is 43.4 Å². The zero-order valence-corrected chi connectivity index (χ0v) is 14.8. The van der Waals surface area contributed by atoms with Crippen molar-refractivity contribution in [1.29, 1.82) is 0 Å². The van der Waals surface area contributed by atoms with Gasteiger partial charge in [0.1, 0.15) is 0 Å². The second-order valence-electron chi connectivity index (χ2n) is 6.26. The van der Waals surface area contributed by atoms with Gasteiger partial charge in [0.2, 0.25) is 0 Å². The van der Waals surface area contributed by atoms with Crippen LogP contribution < -0.4 is 5.32 Å². The average Bonchev–Trinajstić information content (AvgIpc) is 2.58. The summed E-state index contributed by atoms with van der Waals surface area (Å²) in [6.07, 6.45) is 3.00. The van der Waals surface area contributed by atoms with Crippen LogP contribution in [0.1, 0.15) is 30.4 Å². The maximum atomic E-state index is 12.1. The number of aliphatic hydroxyl groups is 1. The molecule has 1 aromatic carbocycles. The van der Waals surface area contributed by atoms with Gasteiger partial charge < -0.3 is 15.3 Å². The Hall–Kier alpha value is -1.20. The van der Waals surface area contributed by atoms with Crippen molar-refractivity contribution in [2.45, 2.75) is 31.9 Å². The number of amides is 2. The highest BCUT2D eigenvalue weighted by Gasteiger charge is 2.22. The maximum absolute atomic E-state index is 12.1. The van der Waals surface area contributed by atoms with Crippen LogP contribution in [0.15, 0.2) is 24.3 Å². The molecular weight excluding hydrogens is 308 g/mol. The van der Waals surface area contributed by atoms with Crippen molar-refractivity contribution in [3.63, 3.8) is 0 Å². The highest BCUT2D eigenvalue weighted by Crippen LogP contribution is 2.16. The number of nitrogens with zero attached hydrogens (tertiary/aromatic N) is 1. The lowest BCUT2D eigenvalue weighted by Gasteiger charge is -2.31. The van der Waals surface area contributed by atoms with Crippen molar-refractivity contribution in [3.05, 3.63) is 35.4 Å². The number of nitrogens with one attached hydrogen (secondary N) is 1. The number of piperidine rings is 1. The molecule has 1 atom stereocenters. The smallest absolute Gasteiger partial charge is 0.317 e. The number of benzene rings is 1. The molecule has 2 N–H and O–H groups in total. The second kappa shape index (κ2) is 9.83. The predicted molar refractivity (Wildman–Crippen MR) is 96.7 cm³/mol. The van der Waals surface area contributed by atoms with Gasteiger partial charge in [-0.2, -0.15) is 11.8 Å². The Morgan fingerprint density at radius 3 is 3.13 bits per heavy atom. The highest BCUT2D eigenvalue weighted by molar-refractivity contribution is 7.98. The van der Waals surface area contributed by atoms with Crippen LogP contribution in [0.2, 0.25) is 0 Å². The maximum Gasteiger partial charge on any atom is 0.317 e. The quantitative estimate of drug-likeness (QED) is 0.753. The van der Waals surface area contributed by atoms with E-state index in [1.54, 1.807) is 0 Å². The van der Waals surface area contributed by atoms with Crippen LogP contribution >= 0.6 is 11.8 Å². The molecule has 5 heteroatoms. The lowest BCUT2D eigenvalue weighted by Crippen LogP contribution is -2.46. The van der Waals surface area contributed by atoms with E-state index in [0.29, 0.717) is 6.54 Å². The summed E-state index contributed by atoms with van der Waals surface area (Å²) < 4.78 is 0. The van der Waals surface area contributed by atoms with Crippen molar-refractivity contribution in [1.82, 2.24) is 10.2 Å². The van der Waals surface area contributed by atoms with Gasteiger partial charge in [-0.3, -0.25) is 0 Å². The van der Waals surface area contributed by atoms with Crippen molar-refractivity contribution in [2.75, 3.05) is 32.0 Å². The molecule has 1 saturated heterocycles. The van der Waals surface area contributed by atoms with E-state index in [-0.39, 0.29) is 18.6 Å². The summed E-state index contributed by atoms with van der Waals surface area (Å²) in [4.78, 5) is 13.9. The van der Waals surface area contributed by atoms with Crippen molar-refractivity contribution < 1.29 is 9.90 Å². The molecule has 1 aliphatic rings. The van der Waals surface area contributed by atoms with E-state index in [0.717, 1.165) is 43.9 Å². The zero-order chi connectivity index (χ0) is 16.5. The molecule has 1 heterocycles. The average molecular weight is 337 g/mol. The Morgan fingerprint density at radius 1 is 1.48 bits per heavy atom. The molecule has 0 radical (unpaired) electrons. The first-order valence-corrected chi connectivity index (χ1v) is 9.61. The first kappa shape index (κ1) is 18.1. The van der Waals surface area contributed by atoms with Gasteiger partial charge in [-0.25, -0.2) is 4.79 Å². The molecule has 0 spiro atoms.